The van der Waals surface area contributed by atoms with E-state index in [1.165, 1.54) is 35.7 Å². The Bertz CT molecular complexity index is 2930. The number of aromatic carboxylic acids is 2. The van der Waals surface area contributed by atoms with Gasteiger partial charge in [-0.1, -0.05) is 48.5 Å². The second kappa shape index (κ2) is 22.1. The predicted molar refractivity (Wildman–Crippen MR) is 263 cm³/mol. The number of rotatable bonds is 13. The Balaban J connectivity index is 0.000000158. The molecule has 2 aliphatic heterocycles. The van der Waals surface area contributed by atoms with E-state index in [4.69, 9.17) is 21.1 Å². The Morgan fingerprint density at radius 2 is 1.03 bits per heavy atom. The van der Waals surface area contributed by atoms with Gasteiger partial charge in [-0.15, -0.1) is 11.6 Å². The molecule has 14 nitrogen and oxygen atoms in total. The number of carbonyl (C=O) groups is 2. The third kappa shape index (κ3) is 11.7. The van der Waals surface area contributed by atoms with Crippen LogP contribution >= 0.6 is 11.6 Å². The molecule has 4 aliphatic rings. The summed E-state index contributed by atoms with van der Waals surface area (Å²) in [6.07, 6.45) is 6.56. The van der Waals surface area contributed by atoms with Crippen molar-refractivity contribution in [1.82, 2.24) is 19.4 Å². The van der Waals surface area contributed by atoms with Gasteiger partial charge >= 0.3 is 11.9 Å². The fourth-order valence-electron chi connectivity index (χ4n) is 8.93. The van der Waals surface area contributed by atoms with Crippen molar-refractivity contribution >= 4 is 56.7 Å². The number of fused-ring (bicyclic) bond motifs is 2. The number of piperazine rings is 2. The third-order valence-electron chi connectivity index (χ3n) is 12.9. The zero-order valence-corrected chi connectivity index (χ0v) is 39.5. The molecule has 2 aliphatic carbocycles. The highest BCUT2D eigenvalue weighted by Gasteiger charge is 2.30. The molecule has 10 rings (SSSR count). The Morgan fingerprint density at radius 1 is 0.623 bits per heavy atom. The predicted octanol–water partition coefficient (Wildman–Crippen LogP) is 7.80. The Kier molecular flexibility index (Phi) is 15.8. The van der Waals surface area contributed by atoms with E-state index >= 15 is 4.39 Å². The van der Waals surface area contributed by atoms with E-state index in [0.29, 0.717) is 67.7 Å². The summed E-state index contributed by atoms with van der Waals surface area (Å²) in [5.74, 6) is -2.95. The number of benzene rings is 4. The number of hydrogen-bond donors (Lipinski definition) is 3. The number of pyridine rings is 2. The van der Waals surface area contributed by atoms with Crippen LogP contribution in [0.5, 0.6) is 0 Å². The molecule has 0 atom stereocenters. The number of nitrogens with zero attached hydrogens (tertiary/aromatic N) is 5. The van der Waals surface area contributed by atoms with Gasteiger partial charge in [-0.2, -0.15) is 0 Å². The Hall–Kier alpha value is -6.17. The average Bonchev–Trinajstić information content (AvgIpc) is 4.30. The molecule has 0 amide bonds. The molecule has 0 spiro atoms. The Morgan fingerprint density at radius 3 is 1.42 bits per heavy atom. The van der Waals surface area contributed by atoms with Crippen LogP contribution in [0.2, 0.25) is 0 Å². The largest absolute Gasteiger partial charge is 0.477 e. The normalized spacial score (nSPS) is 16.2. The van der Waals surface area contributed by atoms with Crippen LogP contribution in [0.3, 0.4) is 0 Å². The molecule has 2 aromatic heterocycles. The highest BCUT2D eigenvalue weighted by atomic mass is 35.5. The summed E-state index contributed by atoms with van der Waals surface area (Å²) in [6, 6.07) is 22.7. The van der Waals surface area contributed by atoms with E-state index in [-0.39, 0.29) is 34.0 Å². The molecule has 4 aromatic carbocycles. The summed E-state index contributed by atoms with van der Waals surface area (Å²) in [7, 11) is 3.37. The van der Waals surface area contributed by atoms with Gasteiger partial charge in [0.1, 0.15) is 22.8 Å². The third-order valence-corrected chi connectivity index (χ3v) is 13.3. The first-order chi connectivity index (χ1) is 33.4. The van der Waals surface area contributed by atoms with Crippen molar-refractivity contribution < 1.29 is 38.1 Å². The molecule has 69 heavy (non-hydrogen) atoms. The van der Waals surface area contributed by atoms with E-state index in [9.17, 15) is 33.8 Å². The lowest BCUT2D eigenvalue weighted by atomic mass is 10.1. The lowest BCUT2D eigenvalue weighted by Crippen LogP contribution is -2.46. The number of anilines is 2. The number of halogens is 3. The van der Waals surface area contributed by atoms with Crippen LogP contribution in [0, 0.1) is 11.6 Å². The fraction of sp³-hybridized carbons (Fsp3) is 0.385. The maximum atomic E-state index is 15.1. The van der Waals surface area contributed by atoms with Crippen molar-refractivity contribution in [1.29, 1.82) is 0 Å². The van der Waals surface area contributed by atoms with Crippen molar-refractivity contribution in [3.63, 3.8) is 0 Å². The lowest BCUT2D eigenvalue weighted by Gasteiger charge is -2.36. The number of carboxylic acid groups (broad SMARTS) is 2. The SMILES string of the molecule is COCc1ccc(CCl)cc1.COCc1ccc(CN2CCN(c3cc4c(cc3F)c(=O)c(C(=O)O)cn4C3CC3)CC2)cc1.O=C(O)c1cn(C2CC2)c2cc(N3CCNCC3)c(F)cc2c1=O. The number of carboxylic acids is 2. The van der Waals surface area contributed by atoms with Crippen molar-refractivity contribution in [2.75, 3.05) is 76.4 Å². The van der Waals surface area contributed by atoms with E-state index in [2.05, 4.69) is 34.5 Å². The molecule has 364 valence electrons. The van der Waals surface area contributed by atoms with Gasteiger partial charge < -0.3 is 43.9 Å². The highest BCUT2D eigenvalue weighted by molar-refractivity contribution is 6.17. The molecule has 2 saturated heterocycles. The molecule has 4 fully saturated rings. The quantitative estimate of drug-likeness (QED) is 0.0967. The van der Waals surface area contributed by atoms with Gasteiger partial charge in [-0.05, 0) is 72.2 Å². The number of ether oxygens (including phenoxy) is 2. The zero-order chi connectivity index (χ0) is 48.8. The molecule has 0 unspecified atom stereocenters. The maximum Gasteiger partial charge on any atom is 0.341 e. The summed E-state index contributed by atoms with van der Waals surface area (Å²) < 4.78 is 43.6. The molecule has 4 heterocycles. The standard InChI is InChI=1S/C26H28FN3O4.C17H18FN3O3.C9H11ClO/c1-34-16-18-4-2-17(3-5-18)14-28-8-10-29(11-9-28)24-13-23-20(12-22(24)27)25(31)21(26(32)33)15-30(23)19-6-7-19;18-13-7-11-14(8-15(13)20-5-3-19-4-6-20)21(10-1-2-10)9-12(16(11)22)17(23)24;1-11-7-9-4-2-8(6-10)3-5-9/h2-5,12-13,15,19H,6-11,14,16H2,1H3,(H,32,33);7-10,19H,1-6H2,(H,23,24);2-5H,6-7H2,1H3. The first-order valence-electron chi connectivity index (χ1n) is 23.2. The molecular formula is C52H57ClF2N6O8. The number of aromatic nitrogens is 2. The topological polar surface area (TPSA) is 159 Å². The van der Waals surface area contributed by atoms with Gasteiger partial charge in [0.2, 0.25) is 10.9 Å². The van der Waals surface area contributed by atoms with Crippen LogP contribution in [0.4, 0.5) is 20.2 Å². The van der Waals surface area contributed by atoms with Crippen molar-refractivity contribution in [3.05, 3.63) is 151 Å². The van der Waals surface area contributed by atoms with Crippen molar-refractivity contribution in [2.45, 2.75) is 63.4 Å². The van der Waals surface area contributed by atoms with Gasteiger partial charge in [-0.25, -0.2) is 18.4 Å². The number of alkyl halides is 1. The van der Waals surface area contributed by atoms with Crippen LogP contribution in [-0.4, -0.2) is 103 Å². The number of methoxy groups -OCH3 is 2. The molecule has 0 bridgehead atoms. The minimum atomic E-state index is -1.28. The van der Waals surface area contributed by atoms with Gasteiger partial charge in [0.05, 0.1) is 35.6 Å². The second-order valence-corrected chi connectivity index (χ2v) is 18.2. The second-order valence-electron chi connectivity index (χ2n) is 17.9. The lowest BCUT2D eigenvalue weighted by molar-refractivity contribution is 0.0684. The fourth-order valence-corrected chi connectivity index (χ4v) is 9.10. The van der Waals surface area contributed by atoms with Crippen LogP contribution in [0.25, 0.3) is 21.8 Å². The zero-order valence-electron chi connectivity index (χ0n) is 38.8. The molecule has 3 N–H and O–H groups in total. The van der Waals surface area contributed by atoms with Gasteiger partial charge in [0.25, 0.3) is 0 Å². The Labute approximate surface area is 403 Å². The highest BCUT2D eigenvalue weighted by Crippen LogP contribution is 2.39. The van der Waals surface area contributed by atoms with Crippen LogP contribution < -0.4 is 26.0 Å². The number of nitrogens with one attached hydrogen (secondary N) is 1. The maximum absolute atomic E-state index is 15.1. The van der Waals surface area contributed by atoms with Gasteiger partial charge in [0.15, 0.2) is 0 Å². The smallest absolute Gasteiger partial charge is 0.341 e. The van der Waals surface area contributed by atoms with Crippen LogP contribution in [0.1, 0.15) is 80.7 Å². The van der Waals surface area contributed by atoms with Crippen molar-refractivity contribution in [2.24, 2.45) is 0 Å². The number of hydrogen-bond acceptors (Lipinski definition) is 10. The van der Waals surface area contributed by atoms with Gasteiger partial charge in [0, 0.05) is 114 Å². The van der Waals surface area contributed by atoms with Crippen LogP contribution in [-0.2, 0) is 35.1 Å². The molecule has 6 aromatic rings. The first kappa shape index (κ1) is 49.3. The summed E-state index contributed by atoms with van der Waals surface area (Å²) in [6.45, 7) is 8.00. The summed E-state index contributed by atoms with van der Waals surface area (Å²) in [4.78, 5) is 54.3. The van der Waals surface area contributed by atoms with E-state index < -0.39 is 34.4 Å². The average molecular weight is 968 g/mol. The first-order valence-corrected chi connectivity index (χ1v) is 23.8. The van der Waals surface area contributed by atoms with E-state index in [0.717, 1.165) is 69.5 Å². The molecular weight excluding hydrogens is 910 g/mol. The minimum absolute atomic E-state index is 0.128. The summed E-state index contributed by atoms with van der Waals surface area (Å²) in [5.41, 5.74) is 4.98. The van der Waals surface area contributed by atoms with Crippen molar-refractivity contribution in [3.8, 4) is 0 Å². The summed E-state index contributed by atoms with van der Waals surface area (Å²) in [5, 5.41) is 22.2. The molecule has 0 radical (unpaired) electrons. The summed E-state index contributed by atoms with van der Waals surface area (Å²) >= 11 is 5.63. The molecule has 2 saturated carbocycles. The monoisotopic (exact) mass is 966 g/mol. The van der Waals surface area contributed by atoms with E-state index in [1.54, 1.807) is 26.4 Å². The van der Waals surface area contributed by atoms with E-state index in [1.807, 2.05) is 43.2 Å². The van der Waals surface area contributed by atoms with Gasteiger partial charge in [-0.3, -0.25) is 14.5 Å². The molecule has 17 heteroatoms. The minimum Gasteiger partial charge on any atom is -0.477 e. The van der Waals surface area contributed by atoms with Crippen LogP contribution in [0.15, 0.2) is 94.8 Å².